The largest absolute Gasteiger partial charge is 0.369 e. The number of rotatable bonds is 8. The van der Waals surface area contributed by atoms with Gasteiger partial charge in [-0.15, -0.1) is 0 Å². The number of sulfone groups is 1. The summed E-state index contributed by atoms with van der Waals surface area (Å²) in [7, 11) is -1.70. The van der Waals surface area contributed by atoms with Crippen molar-refractivity contribution >= 4 is 27.2 Å². The van der Waals surface area contributed by atoms with E-state index in [1.807, 2.05) is 36.4 Å². The molecule has 10 heteroatoms. The number of hydrogen-bond donors (Lipinski definition) is 2. The van der Waals surface area contributed by atoms with Crippen molar-refractivity contribution in [1.29, 1.82) is 0 Å². The second kappa shape index (κ2) is 14.2. The quantitative estimate of drug-likeness (QED) is 0.281. The Hall–Kier alpha value is -4.72. The van der Waals surface area contributed by atoms with Crippen molar-refractivity contribution in [3.05, 3.63) is 119 Å². The number of amides is 2. The lowest BCUT2D eigenvalue weighted by Crippen LogP contribution is -2.44. The van der Waals surface area contributed by atoms with Gasteiger partial charge in [0.25, 0.3) is 0 Å². The van der Waals surface area contributed by atoms with Crippen LogP contribution in [0.25, 0.3) is 0 Å². The van der Waals surface area contributed by atoms with E-state index in [2.05, 4.69) is 44.3 Å². The second-order valence-corrected chi connectivity index (χ2v) is 12.6. The predicted molar refractivity (Wildman–Crippen MR) is 171 cm³/mol. The molecule has 1 aliphatic heterocycles. The lowest BCUT2D eigenvalue weighted by atomic mass is 10.1. The Morgan fingerprint density at radius 2 is 1.68 bits per heavy atom. The number of pyridine rings is 1. The van der Waals surface area contributed by atoms with Crippen LogP contribution >= 0.6 is 0 Å². The Bertz CT molecular complexity index is 1750. The van der Waals surface area contributed by atoms with Crippen LogP contribution in [0.1, 0.15) is 22.3 Å². The molecule has 2 amide bonds. The maximum atomic E-state index is 13.7. The lowest BCUT2D eigenvalue weighted by molar-refractivity contribution is 0.252. The molecule has 0 aliphatic carbocycles. The molecule has 1 aliphatic rings. The average molecular weight is 612 g/mol. The zero-order chi connectivity index (χ0) is 30.9. The third-order valence-corrected chi connectivity index (χ3v) is 9.08. The van der Waals surface area contributed by atoms with Crippen molar-refractivity contribution in [2.45, 2.75) is 17.1 Å². The summed E-state index contributed by atoms with van der Waals surface area (Å²) in [6, 6.07) is 21.2. The monoisotopic (exact) mass is 611 g/mol. The number of piperazine rings is 1. The smallest absolute Gasteiger partial charge is 0.319 e. The van der Waals surface area contributed by atoms with Crippen molar-refractivity contribution in [3.8, 4) is 11.8 Å². The summed E-state index contributed by atoms with van der Waals surface area (Å²) in [4.78, 5) is 21.3. The van der Waals surface area contributed by atoms with Gasteiger partial charge in [0.05, 0.1) is 10.6 Å². The SMILES string of the molecule is CN1CCN(c2ccc(CS(=O)(=O)c3ccc(NC(=O)NCCc4cccnc4)cc3C#Cc3ccc(F)cc3)cc2)CC1. The first-order valence-corrected chi connectivity index (χ1v) is 16.0. The van der Waals surface area contributed by atoms with Gasteiger partial charge in [0.15, 0.2) is 9.84 Å². The van der Waals surface area contributed by atoms with Crippen molar-refractivity contribution < 1.29 is 17.6 Å². The summed E-state index contributed by atoms with van der Waals surface area (Å²) in [5.74, 6) is 5.26. The predicted octanol–water partition coefficient (Wildman–Crippen LogP) is 4.71. The molecule has 0 radical (unpaired) electrons. The highest BCUT2D eigenvalue weighted by Gasteiger charge is 2.21. The van der Waals surface area contributed by atoms with Gasteiger partial charge in [0.1, 0.15) is 5.82 Å². The number of halogens is 1. The minimum Gasteiger partial charge on any atom is -0.369 e. The topological polar surface area (TPSA) is 94.6 Å². The van der Waals surface area contributed by atoms with Gasteiger partial charge in [0, 0.05) is 67.6 Å². The minimum atomic E-state index is -3.81. The third-order valence-electron chi connectivity index (χ3n) is 7.34. The van der Waals surface area contributed by atoms with Crippen LogP contribution in [0.5, 0.6) is 0 Å². The first-order chi connectivity index (χ1) is 21.2. The zero-order valence-corrected chi connectivity index (χ0v) is 25.3. The number of carbonyl (C=O) groups is 1. The second-order valence-electron chi connectivity index (χ2n) is 10.7. The molecule has 44 heavy (non-hydrogen) atoms. The molecule has 1 saturated heterocycles. The molecule has 0 spiro atoms. The summed E-state index contributed by atoms with van der Waals surface area (Å²) >= 11 is 0. The molecule has 0 bridgehead atoms. The van der Waals surface area contributed by atoms with E-state index < -0.39 is 21.7 Å². The lowest BCUT2D eigenvalue weighted by Gasteiger charge is -2.34. The van der Waals surface area contributed by atoms with E-state index >= 15 is 0 Å². The van der Waals surface area contributed by atoms with Gasteiger partial charge in [-0.05, 0) is 85.3 Å². The standard InChI is InChI=1S/C34H34FN5O3S/c1-39-19-21-40(22-20-39)32-13-7-28(8-14-32)25-44(42,43)33-15-12-31(23-29(33)9-4-26-5-10-30(35)11-6-26)38-34(41)37-18-16-27-3-2-17-36-24-27/h2-3,5-8,10-15,17,23-24H,16,18-22,25H2,1H3,(H2,37,38,41). The van der Waals surface area contributed by atoms with E-state index in [-0.39, 0.29) is 16.2 Å². The molecule has 8 nitrogen and oxygen atoms in total. The molecular weight excluding hydrogens is 577 g/mol. The fourth-order valence-electron chi connectivity index (χ4n) is 4.86. The van der Waals surface area contributed by atoms with E-state index in [4.69, 9.17) is 0 Å². The normalized spacial score (nSPS) is 13.5. The number of carbonyl (C=O) groups excluding carboxylic acids is 1. The maximum Gasteiger partial charge on any atom is 0.319 e. The maximum absolute atomic E-state index is 13.7. The molecule has 3 aromatic carbocycles. The Morgan fingerprint density at radius 3 is 2.39 bits per heavy atom. The van der Waals surface area contributed by atoms with Crippen LogP contribution in [0.4, 0.5) is 20.6 Å². The molecule has 0 saturated carbocycles. The van der Waals surface area contributed by atoms with Crippen molar-refractivity contribution in [1.82, 2.24) is 15.2 Å². The summed E-state index contributed by atoms with van der Waals surface area (Å²) in [6.07, 6.45) is 4.05. The first-order valence-electron chi connectivity index (χ1n) is 14.4. The average Bonchev–Trinajstić information content (AvgIpc) is 3.02. The molecule has 5 rings (SSSR count). The van der Waals surface area contributed by atoms with E-state index in [1.165, 1.54) is 30.3 Å². The van der Waals surface area contributed by atoms with Crippen LogP contribution in [0.15, 0.2) is 96.2 Å². The van der Waals surface area contributed by atoms with E-state index in [0.717, 1.165) is 37.4 Å². The third kappa shape index (κ3) is 8.43. The number of nitrogens with zero attached hydrogens (tertiary/aromatic N) is 3. The number of benzene rings is 3. The highest BCUT2D eigenvalue weighted by atomic mass is 32.2. The minimum absolute atomic E-state index is 0.0535. The number of nitrogens with one attached hydrogen (secondary N) is 2. The number of anilines is 2. The van der Waals surface area contributed by atoms with E-state index in [0.29, 0.717) is 29.8 Å². The Morgan fingerprint density at radius 1 is 0.932 bits per heavy atom. The van der Waals surface area contributed by atoms with Gasteiger partial charge in [-0.1, -0.05) is 30.0 Å². The molecule has 1 fully saturated rings. The Balaban J connectivity index is 1.33. The first kappa shape index (κ1) is 30.7. The molecule has 4 aromatic rings. The molecule has 2 N–H and O–H groups in total. The molecule has 2 heterocycles. The Kier molecular flexibility index (Phi) is 9.89. The van der Waals surface area contributed by atoms with Gasteiger partial charge in [-0.3, -0.25) is 4.98 Å². The van der Waals surface area contributed by atoms with Gasteiger partial charge in [-0.25, -0.2) is 17.6 Å². The molecule has 0 atom stereocenters. The van der Waals surface area contributed by atoms with E-state index in [9.17, 15) is 17.6 Å². The fourth-order valence-corrected chi connectivity index (χ4v) is 6.36. The molecule has 226 valence electrons. The van der Waals surface area contributed by atoms with Gasteiger partial charge in [0.2, 0.25) is 0 Å². The van der Waals surface area contributed by atoms with Crippen LogP contribution in [0.3, 0.4) is 0 Å². The molecule has 1 aromatic heterocycles. The zero-order valence-electron chi connectivity index (χ0n) is 24.5. The van der Waals surface area contributed by atoms with Crippen molar-refractivity contribution in [3.63, 3.8) is 0 Å². The number of hydrogen-bond acceptors (Lipinski definition) is 6. The van der Waals surface area contributed by atoms with Gasteiger partial charge < -0.3 is 20.4 Å². The van der Waals surface area contributed by atoms with E-state index in [1.54, 1.807) is 24.5 Å². The van der Waals surface area contributed by atoms with Crippen LogP contribution in [-0.4, -0.2) is 64.1 Å². The number of urea groups is 1. The summed E-state index contributed by atoms with van der Waals surface area (Å²) in [6.45, 7) is 4.21. The van der Waals surface area contributed by atoms with Crippen LogP contribution in [0.2, 0.25) is 0 Å². The van der Waals surface area contributed by atoms with Gasteiger partial charge >= 0.3 is 6.03 Å². The van der Waals surface area contributed by atoms with Gasteiger partial charge in [-0.2, -0.15) is 0 Å². The summed E-state index contributed by atoms with van der Waals surface area (Å²) < 4.78 is 40.7. The number of likely N-dealkylation sites (N-methyl/N-ethyl adjacent to an activating group) is 1. The summed E-state index contributed by atoms with van der Waals surface area (Å²) in [5, 5.41) is 5.55. The highest BCUT2D eigenvalue weighted by Crippen LogP contribution is 2.25. The van der Waals surface area contributed by atoms with Crippen LogP contribution in [0, 0.1) is 17.7 Å². The summed E-state index contributed by atoms with van der Waals surface area (Å²) in [5.41, 5.74) is 3.88. The van der Waals surface area contributed by atoms with Crippen molar-refractivity contribution in [2.24, 2.45) is 0 Å². The molecular formula is C34H34FN5O3S. The van der Waals surface area contributed by atoms with Crippen LogP contribution in [-0.2, 0) is 22.0 Å². The van der Waals surface area contributed by atoms with Crippen molar-refractivity contribution in [2.75, 3.05) is 50.0 Å². The highest BCUT2D eigenvalue weighted by molar-refractivity contribution is 7.90. The fraction of sp³-hybridized carbons (Fsp3) is 0.235. The Labute approximate surface area is 257 Å². The number of aromatic nitrogens is 1. The van der Waals surface area contributed by atoms with Crippen LogP contribution < -0.4 is 15.5 Å². The molecule has 0 unspecified atom stereocenters.